The maximum absolute atomic E-state index is 12.2. The summed E-state index contributed by atoms with van der Waals surface area (Å²) in [5.41, 5.74) is 1.45. The fourth-order valence-corrected chi connectivity index (χ4v) is 2.22. The molecule has 0 amide bonds. The Morgan fingerprint density at radius 3 is 2.52 bits per heavy atom. The number of hydrogen-bond acceptors (Lipinski definition) is 4. The zero-order chi connectivity index (χ0) is 17.9. The SMILES string of the molecule is CCCCOc1ccc(C(=O)C=CNc2ccccc2OCC)cc1. The van der Waals surface area contributed by atoms with Gasteiger partial charge in [-0.1, -0.05) is 25.5 Å². The monoisotopic (exact) mass is 339 g/mol. The number of ether oxygens (including phenoxy) is 2. The summed E-state index contributed by atoms with van der Waals surface area (Å²) in [5.74, 6) is 1.48. The average Bonchev–Trinajstić information content (AvgIpc) is 2.64. The molecule has 0 spiro atoms. The fraction of sp³-hybridized carbons (Fsp3) is 0.286. The number of nitrogens with one attached hydrogen (secondary N) is 1. The molecule has 0 bridgehead atoms. The van der Waals surface area contributed by atoms with Crippen LogP contribution in [0.25, 0.3) is 0 Å². The highest BCUT2D eigenvalue weighted by Gasteiger charge is 2.03. The van der Waals surface area contributed by atoms with E-state index in [4.69, 9.17) is 9.47 Å². The third-order valence-electron chi connectivity index (χ3n) is 3.57. The van der Waals surface area contributed by atoms with Gasteiger partial charge in [0.25, 0.3) is 0 Å². The Morgan fingerprint density at radius 1 is 1.04 bits per heavy atom. The number of ketones is 1. The van der Waals surface area contributed by atoms with E-state index in [0.29, 0.717) is 18.8 Å². The van der Waals surface area contributed by atoms with Crippen LogP contribution < -0.4 is 14.8 Å². The molecule has 0 radical (unpaired) electrons. The Balaban J connectivity index is 1.92. The summed E-state index contributed by atoms with van der Waals surface area (Å²) in [6.45, 7) is 5.35. The van der Waals surface area contributed by atoms with Gasteiger partial charge in [0.1, 0.15) is 11.5 Å². The van der Waals surface area contributed by atoms with Crippen molar-refractivity contribution in [1.82, 2.24) is 0 Å². The normalized spacial score (nSPS) is 10.6. The number of carbonyl (C=O) groups is 1. The molecule has 4 nitrogen and oxygen atoms in total. The van der Waals surface area contributed by atoms with Crippen LogP contribution in [0.4, 0.5) is 5.69 Å². The van der Waals surface area contributed by atoms with Gasteiger partial charge in [-0.25, -0.2) is 0 Å². The van der Waals surface area contributed by atoms with Gasteiger partial charge >= 0.3 is 0 Å². The van der Waals surface area contributed by atoms with E-state index in [1.54, 1.807) is 18.3 Å². The minimum Gasteiger partial charge on any atom is -0.494 e. The molecule has 132 valence electrons. The smallest absolute Gasteiger partial charge is 0.187 e. The molecule has 4 heteroatoms. The summed E-state index contributed by atoms with van der Waals surface area (Å²) in [6.07, 6.45) is 5.26. The molecule has 2 aromatic rings. The molecule has 0 unspecified atom stereocenters. The highest BCUT2D eigenvalue weighted by molar-refractivity contribution is 6.04. The van der Waals surface area contributed by atoms with Crippen molar-refractivity contribution in [1.29, 1.82) is 0 Å². The number of para-hydroxylation sites is 2. The second-order valence-electron chi connectivity index (χ2n) is 5.50. The predicted molar refractivity (Wildman–Crippen MR) is 102 cm³/mol. The van der Waals surface area contributed by atoms with E-state index in [9.17, 15) is 4.79 Å². The molecule has 0 heterocycles. The zero-order valence-electron chi connectivity index (χ0n) is 14.8. The van der Waals surface area contributed by atoms with Crippen LogP contribution in [0.15, 0.2) is 60.8 Å². The first-order valence-corrected chi connectivity index (χ1v) is 8.66. The van der Waals surface area contributed by atoms with Gasteiger partial charge in [0, 0.05) is 17.8 Å². The summed E-state index contributed by atoms with van der Waals surface area (Å²) in [6, 6.07) is 14.8. The van der Waals surface area contributed by atoms with Crippen molar-refractivity contribution in [2.45, 2.75) is 26.7 Å². The number of allylic oxidation sites excluding steroid dienone is 1. The van der Waals surface area contributed by atoms with E-state index in [-0.39, 0.29) is 5.78 Å². The summed E-state index contributed by atoms with van der Waals surface area (Å²) < 4.78 is 11.1. The van der Waals surface area contributed by atoms with Crippen LogP contribution in [0.1, 0.15) is 37.0 Å². The standard InChI is InChI=1S/C21H25NO3/c1-3-5-16-25-18-12-10-17(11-13-18)20(23)14-15-22-19-8-6-7-9-21(19)24-4-2/h6-15,22H,3-5,16H2,1-2H3. The van der Waals surface area contributed by atoms with Crippen LogP contribution in [-0.2, 0) is 0 Å². The molecule has 2 rings (SSSR count). The first kappa shape index (κ1) is 18.6. The first-order valence-electron chi connectivity index (χ1n) is 8.66. The lowest BCUT2D eigenvalue weighted by Gasteiger charge is -2.09. The van der Waals surface area contributed by atoms with Gasteiger partial charge in [-0.3, -0.25) is 4.79 Å². The van der Waals surface area contributed by atoms with E-state index in [0.717, 1.165) is 30.0 Å². The molecule has 0 saturated heterocycles. The molecule has 0 aliphatic rings. The molecule has 0 saturated carbocycles. The minimum atomic E-state index is -0.0681. The molecule has 25 heavy (non-hydrogen) atoms. The van der Waals surface area contributed by atoms with Crippen molar-refractivity contribution < 1.29 is 14.3 Å². The molecule has 0 aliphatic heterocycles. The minimum absolute atomic E-state index is 0.0681. The molecule has 0 aromatic heterocycles. The summed E-state index contributed by atoms with van der Waals surface area (Å²) in [4.78, 5) is 12.2. The van der Waals surface area contributed by atoms with Gasteiger partial charge < -0.3 is 14.8 Å². The van der Waals surface area contributed by atoms with Crippen molar-refractivity contribution in [3.63, 3.8) is 0 Å². The summed E-state index contributed by atoms with van der Waals surface area (Å²) >= 11 is 0. The molecule has 0 fully saturated rings. The average molecular weight is 339 g/mol. The van der Waals surface area contributed by atoms with Crippen molar-refractivity contribution in [3.8, 4) is 11.5 Å². The van der Waals surface area contributed by atoms with Crippen LogP contribution in [0.5, 0.6) is 11.5 Å². The van der Waals surface area contributed by atoms with E-state index in [2.05, 4.69) is 12.2 Å². The molecule has 2 aromatic carbocycles. The number of unbranched alkanes of at least 4 members (excludes halogenated alkanes) is 1. The van der Waals surface area contributed by atoms with Gasteiger partial charge in [-0.15, -0.1) is 0 Å². The Bertz CT molecular complexity index is 693. The third kappa shape index (κ3) is 5.99. The molecule has 0 atom stereocenters. The van der Waals surface area contributed by atoms with Gasteiger partial charge in [0.2, 0.25) is 0 Å². The molecule has 1 N–H and O–H groups in total. The summed E-state index contributed by atoms with van der Waals surface area (Å²) in [5, 5.41) is 3.09. The van der Waals surface area contributed by atoms with Crippen LogP contribution in [0.2, 0.25) is 0 Å². The maximum atomic E-state index is 12.2. The Morgan fingerprint density at radius 2 is 1.80 bits per heavy atom. The van der Waals surface area contributed by atoms with Crippen molar-refractivity contribution in [2.75, 3.05) is 18.5 Å². The van der Waals surface area contributed by atoms with Crippen molar-refractivity contribution in [2.24, 2.45) is 0 Å². The fourth-order valence-electron chi connectivity index (χ4n) is 2.22. The number of anilines is 1. The highest BCUT2D eigenvalue weighted by atomic mass is 16.5. The lowest BCUT2D eigenvalue weighted by molar-refractivity contribution is 0.104. The second kappa shape index (κ2) is 10.2. The second-order valence-corrected chi connectivity index (χ2v) is 5.50. The lowest BCUT2D eigenvalue weighted by Crippen LogP contribution is -2.00. The topological polar surface area (TPSA) is 47.6 Å². The number of hydrogen-bond donors (Lipinski definition) is 1. The van der Waals surface area contributed by atoms with Crippen LogP contribution in [0.3, 0.4) is 0 Å². The lowest BCUT2D eigenvalue weighted by atomic mass is 10.1. The van der Waals surface area contributed by atoms with E-state index in [1.165, 1.54) is 6.08 Å². The van der Waals surface area contributed by atoms with Gasteiger partial charge in [0.05, 0.1) is 18.9 Å². The molecular weight excluding hydrogens is 314 g/mol. The van der Waals surface area contributed by atoms with Crippen LogP contribution in [0, 0.1) is 0 Å². The largest absolute Gasteiger partial charge is 0.494 e. The Labute approximate surface area is 149 Å². The number of benzene rings is 2. The van der Waals surface area contributed by atoms with Gasteiger partial charge in [0.15, 0.2) is 5.78 Å². The van der Waals surface area contributed by atoms with Crippen LogP contribution >= 0.6 is 0 Å². The van der Waals surface area contributed by atoms with Crippen molar-refractivity contribution in [3.05, 3.63) is 66.4 Å². The Kier molecular flexibility index (Phi) is 7.57. The summed E-state index contributed by atoms with van der Waals surface area (Å²) in [7, 11) is 0. The maximum Gasteiger partial charge on any atom is 0.187 e. The molecular formula is C21H25NO3. The van der Waals surface area contributed by atoms with E-state index < -0.39 is 0 Å². The zero-order valence-corrected chi connectivity index (χ0v) is 14.8. The number of rotatable bonds is 10. The Hall–Kier alpha value is -2.75. The third-order valence-corrected chi connectivity index (χ3v) is 3.57. The van der Waals surface area contributed by atoms with E-state index >= 15 is 0 Å². The number of carbonyl (C=O) groups excluding carboxylic acids is 1. The van der Waals surface area contributed by atoms with Crippen molar-refractivity contribution >= 4 is 11.5 Å². The van der Waals surface area contributed by atoms with E-state index in [1.807, 2.05) is 43.3 Å². The van der Waals surface area contributed by atoms with Gasteiger partial charge in [-0.2, -0.15) is 0 Å². The predicted octanol–water partition coefficient (Wildman–Crippen LogP) is 5.07. The quantitative estimate of drug-likeness (QED) is 0.373. The molecule has 0 aliphatic carbocycles. The first-order chi connectivity index (χ1) is 12.2. The van der Waals surface area contributed by atoms with Crippen LogP contribution in [-0.4, -0.2) is 19.0 Å². The van der Waals surface area contributed by atoms with Gasteiger partial charge in [-0.05, 0) is 49.7 Å². The highest BCUT2D eigenvalue weighted by Crippen LogP contribution is 2.23.